The van der Waals surface area contributed by atoms with Gasteiger partial charge < -0.3 is 20.1 Å². The van der Waals surface area contributed by atoms with Gasteiger partial charge in [-0.15, -0.1) is 0 Å². The molecule has 1 saturated heterocycles. The fourth-order valence-electron chi connectivity index (χ4n) is 3.47. The number of halogens is 1. The Morgan fingerprint density at radius 3 is 2.58 bits per heavy atom. The highest BCUT2D eigenvalue weighted by Gasteiger charge is 2.23. The van der Waals surface area contributed by atoms with E-state index < -0.39 is 0 Å². The molecule has 0 spiro atoms. The van der Waals surface area contributed by atoms with Gasteiger partial charge in [-0.3, -0.25) is 4.79 Å². The van der Waals surface area contributed by atoms with Crippen molar-refractivity contribution in [3.05, 3.63) is 29.6 Å². The van der Waals surface area contributed by atoms with Crippen molar-refractivity contribution in [2.24, 2.45) is 5.92 Å². The molecular weight excluding hydrogens is 311 g/mol. The fourth-order valence-corrected chi connectivity index (χ4v) is 3.47. The molecule has 6 heteroatoms. The van der Waals surface area contributed by atoms with Gasteiger partial charge in [0.1, 0.15) is 5.82 Å². The molecular formula is C18H25FN2O3. The summed E-state index contributed by atoms with van der Waals surface area (Å²) in [5, 5.41) is 12.1. The summed E-state index contributed by atoms with van der Waals surface area (Å²) in [7, 11) is 0. The Balaban J connectivity index is 1.60. The van der Waals surface area contributed by atoms with Crippen molar-refractivity contribution in [3.63, 3.8) is 0 Å². The molecule has 0 atom stereocenters. The Morgan fingerprint density at radius 1 is 1.25 bits per heavy atom. The first kappa shape index (κ1) is 17.2. The first-order valence-corrected chi connectivity index (χ1v) is 8.71. The summed E-state index contributed by atoms with van der Waals surface area (Å²) in [6.45, 7) is 2.73. The van der Waals surface area contributed by atoms with Gasteiger partial charge in [0.05, 0.1) is 18.9 Å². The number of aliphatic hydroxyl groups is 1. The van der Waals surface area contributed by atoms with Crippen molar-refractivity contribution >= 4 is 11.6 Å². The molecule has 0 unspecified atom stereocenters. The summed E-state index contributed by atoms with van der Waals surface area (Å²) < 4.78 is 19.7. The second kappa shape index (κ2) is 7.94. The van der Waals surface area contributed by atoms with Crippen LogP contribution in [0.25, 0.3) is 0 Å². The summed E-state index contributed by atoms with van der Waals surface area (Å²) in [4.78, 5) is 14.3. The Morgan fingerprint density at radius 2 is 1.96 bits per heavy atom. The summed E-state index contributed by atoms with van der Waals surface area (Å²) in [6.07, 6.45) is 3.58. The predicted molar refractivity (Wildman–Crippen MR) is 89.7 cm³/mol. The van der Waals surface area contributed by atoms with Crippen LogP contribution in [0.15, 0.2) is 18.2 Å². The summed E-state index contributed by atoms with van der Waals surface area (Å²) >= 11 is 0. The normalized spacial score (nSPS) is 24.7. The molecule has 24 heavy (non-hydrogen) atoms. The van der Waals surface area contributed by atoms with Crippen molar-refractivity contribution < 1.29 is 19.0 Å². The quantitative estimate of drug-likeness (QED) is 0.882. The van der Waals surface area contributed by atoms with E-state index in [2.05, 4.69) is 5.32 Å². The predicted octanol–water partition coefficient (Wildman–Crippen LogP) is 1.94. The van der Waals surface area contributed by atoms with Crippen LogP contribution < -0.4 is 10.2 Å². The third kappa shape index (κ3) is 4.05. The molecule has 1 amide bonds. The van der Waals surface area contributed by atoms with Gasteiger partial charge in [0.25, 0.3) is 5.91 Å². The minimum Gasteiger partial charge on any atom is -0.396 e. The van der Waals surface area contributed by atoms with Crippen molar-refractivity contribution in [2.75, 3.05) is 37.8 Å². The lowest BCUT2D eigenvalue weighted by Crippen LogP contribution is -2.38. The van der Waals surface area contributed by atoms with Crippen molar-refractivity contribution in [1.29, 1.82) is 0 Å². The van der Waals surface area contributed by atoms with Crippen LogP contribution in [0.4, 0.5) is 10.1 Å². The molecule has 132 valence electrons. The number of hydrogen-bond donors (Lipinski definition) is 2. The number of carbonyl (C=O) groups excluding carboxylic acids is 1. The number of aliphatic hydroxyl groups excluding tert-OH is 1. The molecule has 0 radical (unpaired) electrons. The average molecular weight is 336 g/mol. The van der Waals surface area contributed by atoms with E-state index >= 15 is 0 Å². The number of ether oxygens (including phenoxy) is 1. The minimum atomic E-state index is -0.367. The van der Waals surface area contributed by atoms with Gasteiger partial charge in [-0.1, -0.05) is 0 Å². The smallest absolute Gasteiger partial charge is 0.251 e. The van der Waals surface area contributed by atoms with Crippen LogP contribution in [0.5, 0.6) is 0 Å². The zero-order valence-electron chi connectivity index (χ0n) is 13.8. The highest BCUT2D eigenvalue weighted by molar-refractivity contribution is 5.94. The van der Waals surface area contributed by atoms with Crippen LogP contribution in [-0.2, 0) is 4.74 Å². The number of anilines is 1. The van der Waals surface area contributed by atoms with Crippen LogP contribution in [0.1, 0.15) is 36.0 Å². The number of morpholine rings is 1. The van der Waals surface area contributed by atoms with E-state index in [4.69, 9.17) is 9.84 Å². The van der Waals surface area contributed by atoms with Crippen LogP contribution >= 0.6 is 0 Å². The number of hydrogen-bond acceptors (Lipinski definition) is 4. The van der Waals surface area contributed by atoms with Gasteiger partial charge in [-0.05, 0) is 49.8 Å². The molecule has 2 N–H and O–H groups in total. The maximum absolute atomic E-state index is 14.4. The number of nitrogens with one attached hydrogen (secondary N) is 1. The van der Waals surface area contributed by atoms with Gasteiger partial charge in [0, 0.05) is 31.3 Å². The molecule has 1 aromatic carbocycles. The van der Waals surface area contributed by atoms with E-state index in [-0.39, 0.29) is 24.4 Å². The minimum absolute atomic E-state index is 0.113. The highest BCUT2D eigenvalue weighted by atomic mass is 19.1. The highest BCUT2D eigenvalue weighted by Crippen LogP contribution is 2.25. The lowest BCUT2D eigenvalue weighted by molar-refractivity contribution is 0.0913. The van der Waals surface area contributed by atoms with Crippen molar-refractivity contribution in [3.8, 4) is 0 Å². The molecule has 2 aliphatic rings. The number of benzene rings is 1. The largest absolute Gasteiger partial charge is 0.396 e. The number of nitrogens with zero attached hydrogens (tertiary/aromatic N) is 1. The van der Waals surface area contributed by atoms with Crippen molar-refractivity contribution in [2.45, 2.75) is 31.7 Å². The molecule has 0 bridgehead atoms. The van der Waals surface area contributed by atoms with Crippen LogP contribution in [0, 0.1) is 11.7 Å². The third-order valence-electron chi connectivity index (χ3n) is 5.00. The second-order valence-corrected chi connectivity index (χ2v) is 6.64. The molecule has 2 fully saturated rings. The summed E-state index contributed by atoms with van der Waals surface area (Å²) in [5.74, 6) is -0.244. The van der Waals surface area contributed by atoms with Crippen molar-refractivity contribution in [1.82, 2.24) is 5.32 Å². The molecule has 1 aromatic rings. The SMILES string of the molecule is O=C(NC1CCC(CO)CC1)c1ccc(N2CCOCC2)c(F)c1. The van der Waals surface area contributed by atoms with Crippen LogP contribution in [-0.4, -0.2) is 50.0 Å². The molecule has 0 aromatic heterocycles. The van der Waals surface area contributed by atoms with Gasteiger partial charge in [-0.25, -0.2) is 4.39 Å². The summed E-state index contributed by atoms with van der Waals surface area (Å²) in [5.41, 5.74) is 0.882. The maximum Gasteiger partial charge on any atom is 0.251 e. The van der Waals surface area contributed by atoms with Gasteiger partial charge in [0.2, 0.25) is 0 Å². The Hall–Kier alpha value is -1.66. The van der Waals surface area contributed by atoms with E-state index in [1.165, 1.54) is 6.07 Å². The van der Waals surface area contributed by atoms with E-state index in [0.717, 1.165) is 25.7 Å². The zero-order valence-corrected chi connectivity index (χ0v) is 13.8. The van der Waals surface area contributed by atoms with E-state index in [1.54, 1.807) is 12.1 Å². The van der Waals surface area contributed by atoms with Gasteiger partial charge in [-0.2, -0.15) is 0 Å². The molecule has 5 nitrogen and oxygen atoms in total. The Bertz CT molecular complexity index is 567. The van der Waals surface area contributed by atoms with Gasteiger partial charge in [0.15, 0.2) is 0 Å². The van der Waals surface area contributed by atoms with Crippen LogP contribution in [0.2, 0.25) is 0 Å². The first-order chi connectivity index (χ1) is 11.7. The summed E-state index contributed by atoms with van der Waals surface area (Å²) in [6, 6.07) is 4.79. The first-order valence-electron chi connectivity index (χ1n) is 8.71. The lowest BCUT2D eigenvalue weighted by Gasteiger charge is -2.29. The maximum atomic E-state index is 14.4. The van der Waals surface area contributed by atoms with E-state index in [1.807, 2.05) is 4.90 Å². The number of amides is 1. The molecule has 1 aliphatic heterocycles. The Kier molecular flexibility index (Phi) is 5.68. The number of carbonyl (C=O) groups is 1. The average Bonchev–Trinajstić information content (AvgIpc) is 2.63. The van der Waals surface area contributed by atoms with E-state index in [0.29, 0.717) is 43.5 Å². The topological polar surface area (TPSA) is 61.8 Å². The van der Waals surface area contributed by atoms with Gasteiger partial charge >= 0.3 is 0 Å². The fraction of sp³-hybridized carbons (Fsp3) is 0.611. The van der Waals surface area contributed by atoms with E-state index in [9.17, 15) is 9.18 Å². The molecule has 1 saturated carbocycles. The molecule has 1 heterocycles. The second-order valence-electron chi connectivity index (χ2n) is 6.64. The molecule has 3 rings (SSSR count). The lowest BCUT2D eigenvalue weighted by atomic mass is 9.86. The standard InChI is InChI=1S/C18H25FN2O3/c19-16-11-14(3-6-17(16)21-7-9-24-10-8-21)18(23)20-15-4-1-13(12-22)2-5-15/h3,6,11,13,15,22H,1-2,4-5,7-10,12H2,(H,20,23). The number of rotatable bonds is 4. The zero-order chi connectivity index (χ0) is 16.9. The van der Waals surface area contributed by atoms with Crippen LogP contribution in [0.3, 0.4) is 0 Å². The molecule has 1 aliphatic carbocycles. The monoisotopic (exact) mass is 336 g/mol. The Labute approximate surface area is 141 Å². The third-order valence-corrected chi connectivity index (χ3v) is 5.00.